The Bertz CT molecular complexity index is 1680. The third-order valence-corrected chi connectivity index (χ3v) is 9.33. The maximum absolute atomic E-state index is 2.53. The average molecular weight is 475 g/mol. The number of rotatable bonds is 3. The fourth-order valence-electron chi connectivity index (χ4n) is 7.16. The summed E-state index contributed by atoms with van der Waals surface area (Å²) < 4.78 is 0. The lowest BCUT2D eigenvalue weighted by Crippen LogP contribution is -2.30. The zero-order chi connectivity index (χ0) is 24.7. The average Bonchev–Trinajstić information content (AvgIpc) is 3.15. The first-order valence-electron chi connectivity index (χ1n) is 13.7. The minimum atomic E-state index is -0.300. The fraction of sp³-hybridized carbons (Fsp3) is 0.189. The normalized spacial score (nSPS) is 15.6. The molecule has 0 heteroatoms. The molecule has 0 aliphatic heterocycles. The summed E-state index contributed by atoms with van der Waals surface area (Å²) in [5.74, 6) is 0. The van der Waals surface area contributed by atoms with Gasteiger partial charge in [-0.15, -0.1) is 0 Å². The molecule has 0 aromatic heterocycles. The van der Waals surface area contributed by atoms with E-state index in [1.54, 1.807) is 0 Å². The van der Waals surface area contributed by atoms with E-state index in [2.05, 4.69) is 111 Å². The molecule has 0 atom stereocenters. The van der Waals surface area contributed by atoms with Crippen LogP contribution in [0, 0.1) is 13.8 Å². The van der Waals surface area contributed by atoms with Gasteiger partial charge in [-0.2, -0.15) is 0 Å². The molecule has 3 aliphatic rings. The minimum absolute atomic E-state index is 0.300. The van der Waals surface area contributed by atoms with Crippen LogP contribution in [0.3, 0.4) is 0 Å². The van der Waals surface area contributed by atoms with E-state index in [0.717, 1.165) is 0 Å². The van der Waals surface area contributed by atoms with Crippen LogP contribution in [0.1, 0.15) is 55.6 Å². The van der Waals surface area contributed by atoms with Crippen molar-refractivity contribution in [1.82, 2.24) is 0 Å². The van der Waals surface area contributed by atoms with Crippen LogP contribution in [0.5, 0.6) is 0 Å². The molecule has 0 fully saturated rings. The Morgan fingerprint density at radius 3 is 1.70 bits per heavy atom. The quantitative estimate of drug-likeness (QED) is 0.241. The lowest BCUT2D eigenvalue weighted by molar-refractivity contribution is 0.739. The summed E-state index contributed by atoms with van der Waals surface area (Å²) in [5, 5.41) is 0. The van der Waals surface area contributed by atoms with Crippen LogP contribution in [0.4, 0.5) is 0 Å². The lowest BCUT2D eigenvalue weighted by atomic mass is 9.65. The van der Waals surface area contributed by atoms with Crippen molar-refractivity contribution in [3.05, 3.63) is 153 Å². The number of benzene rings is 5. The Kier molecular flexibility index (Phi) is 4.33. The van der Waals surface area contributed by atoms with Gasteiger partial charge in [0.25, 0.3) is 0 Å². The second-order valence-corrected chi connectivity index (χ2v) is 11.3. The second-order valence-electron chi connectivity index (χ2n) is 11.3. The van der Waals surface area contributed by atoms with Crippen molar-refractivity contribution >= 4 is 0 Å². The molecule has 0 unspecified atom stereocenters. The van der Waals surface area contributed by atoms with Gasteiger partial charge in [0.1, 0.15) is 0 Å². The van der Waals surface area contributed by atoms with E-state index in [9.17, 15) is 0 Å². The molecule has 0 saturated heterocycles. The highest BCUT2D eigenvalue weighted by atomic mass is 14.5. The molecule has 178 valence electrons. The van der Waals surface area contributed by atoms with Gasteiger partial charge < -0.3 is 0 Å². The highest BCUT2D eigenvalue weighted by Gasteiger charge is 2.47. The molecule has 0 amide bonds. The summed E-state index contributed by atoms with van der Waals surface area (Å²) in [4.78, 5) is 0. The van der Waals surface area contributed by atoms with Crippen molar-refractivity contribution in [2.24, 2.45) is 0 Å². The molecular formula is C37H30. The summed E-state index contributed by atoms with van der Waals surface area (Å²) in [5.41, 5.74) is 19.5. The molecule has 0 N–H and O–H groups in total. The smallest absolute Gasteiger partial charge is 0.0622 e. The molecule has 37 heavy (non-hydrogen) atoms. The van der Waals surface area contributed by atoms with Crippen molar-refractivity contribution in [1.29, 1.82) is 0 Å². The van der Waals surface area contributed by atoms with Crippen LogP contribution in [0.15, 0.2) is 97.1 Å². The van der Waals surface area contributed by atoms with Gasteiger partial charge in [0.15, 0.2) is 0 Å². The standard InChI is InChI=1S/C37H30/c1-23-8-17-32-34-22-33(27-6-4-3-5-7-27)24(2)19-36(34)37(35(32)18-23,30-15-13-25-9-11-28(25)20-30)31-16-14-26-10-12-29(26)21-31/h3-8,13-22H,9-12H2,1-2H3. The Balaban J connectivity index is 1.50. The second kappa shape index (κ2) is 7.56. The molecule has 5 aromatic carbocycles. The molecular weight excluding hydrogens is 444 g/mol. The zero-order valence-electron chi connectivity index (χ0n) is 21.6. The van der Waals surface area contributed by atoms with Crippen LogP contribution in [0.2, 0.25) is 0 Å². The van der Waals surface area contributed by atoms with Gasteiger partial charge in [0.05, 0.1) is 5.41 Å². The van der Waals surface area contributed by atoms with Gasteiger partial charge in [0, 0.05) is 0 Å². The number of hydrogen-bond acceptors (Lipinski definition) is 0. The van der Waals surface area contributed by atoms with Crippen LogP contribution in [-0.4, -0.2) is 0 Å². The molecule has 0 spiro atoms. The number of fused-ring (bicyclic) bond motifs is 5. The van der Waals surface area contributed by atoms with Gasteiger partial charge in [-0.3, -0.25) is 0 Å². The van der Waals surface area contributed by atoms with Crippen molar-refractivity contribution in [3.8, 4) is 22.3 Å². The van der Waals surface area contributed by atoms with Crippen LogP contribution < -0.4 is 0 Å². The Morgan fingerprint density at radius 2 is 1.11 bits per heavy atom. The lowest BCUT2D eigenvalue weighted by Gasteiger charge is -2.37. The van der Waals surface area contributed by atoms with Crippen molar-refractivity contribution < 1.29 is 0 Å². The summed E-state index contributed by atoms with van der Waals surface area (Å²) in [6.45, 7) is 4.53. The summed E-state index contributed by atoms with van der Waals surface area (Å²) >= 11 is 0. The highest BCUT2D eigenvalue weighted by Crippen LogP contribution is 2.58. The minimum Gasteiger partial charge on any atom is -0.0622 e. The fourth-order valence-corrected chi connectivity index (χ4v) is 7.16. The van der Waals surface area contributed by atoms with Crippen LogP contribution in [0.25, 0.3) is 22.3 Å². The number of aryl methyl sites for hydroxylation is 6. The number of hydrogen-bond donors (Lipinski definition) is 0. The first-order valence-corrected chi connectivity index (χ1v) is 13.7. The van der Waals surface area contributed by atoms with E-state index in [-0.39, 0.29) is 5.41 Å². The molecule has 0 nitrogen and oxygen atoms in total. The predicted octanol–water partition coefficient (Wildman–Crippen LogP) is 8.53. The third kappa shape index (κ3) is 2.85. The van der Waals surface area contributed by atoms with E-state index in [1.165, 1.54) is 104 Å². The van der Waals surface area contributed by atoms with Crippen molar-refractivity contribution in [2.75, 3.05) is 0 Å². The van der Waals surface area contributed by atoms with Gasteiger partial charge in [-0.05, 0) is 118 Å². The molecule has 8 rings (SSSR count). The van der Waals surface area contributed by atoms with Crippen molar-refractivity contribution in [2.45, 2.75) is 44.9 Å². The topological polar surface area (TPSA) is 0 Å². The SMILES string of the molecule is Cc1ccc2c(c1)C(c1ccc3c(c1)CC3)(c1ccc3c(c1)CC3)c1cc(C)c(-c3ccccc3)cc1-2. The molecule has 0 bridgehead atoms. The molecule has 0 radical (unpaired) electrons. The summed E-state index contributed by atoms with van der Waals surface area (Å²) in [6.07, 6.45) is 4.83. The van der Waals surface area contributed by atoms with Crippen molar-refractivity contribution in [3.63, 3.8) is 0 Å². The maximum atomic E-state index is 2.53. The first-order chi connectivity index (χ1) is 18.1. The Hall–Kier alpha value is -3.90. The van der Waals surface area contributed by atoms with Crippen LogP contribution in [-0.2, 0) is 31.1 Å². The molecule has 0 saturated carbocycles. The van der Waals surface area contributed by atoms with Gasteiger partial charge in [-0.1, -0.05) is 96.6 Å². The van der Waals surface area contributed by atoms with Gasteiger partial charge >= 0.3 is 0 Å². The van der Waals surface area contributed by atoms with Gasteiger partial charge in [-0.25, -0.2) is 0 Å². The third-order valence-electron chi connectivity index (χ3n) is 9.33. The highest BCUT2D eigenvalue weighted by molar-refractivity contribution is 5.90. The van der Waals surface area contributed by atoms with E-state index < -0.39 is 0 Å². The van der Waals surface area contributed by atoms with E-state index in [1.807, 2.05) is 0 Å². The molecule has 3 aliphatic carbocycles. The van der Waals surface area contributed by atoms with Crippen LogP contribution >= 0.6 is 0 Å². The Labute approximate surface area is 219 Å². The first kappa shape index (κ1) is 21.2. The maximum Gasteiger partial charge on any atom is 0.0713 e. The van der Waals surface area contributed by atoms with E-state index in [4.69, 9.17) is 0 Å². The summed E-state index contributed by atoms with van der Waals surface area (Å²) in [7, 11) is 0. The Morgan fingerprint density at radius 1 is 0.486 bits per heavy atom. The summed E-state index contributed by atoms with van der Waals surface area (Å²) in [6, 6.07) is 37.7. The predicted molar refractivity (Wildman–Crippen MR) is 153 cm³/mol. The molecule has 0 heterocycles. The monoisotopic (exact) mass is 474 g/mol. The largest absolute Gasteiger partial charge is 0.0713 e. The zero-order valence-corrected chi connectivity index (χ0v) is 21.6. The van der Waals surface area contributed by atoms with E-state index >= 15 is 0 Å². The van der Waals surface area contributed by atoms with E-state index in [0.29, 0.717) is 0 Å². The van der Waals surface area contributed by atoms with Gasteiger partial charge in [0.2, 0.25) is 0 Å². The molecule has 5 aromatic rings.